The molecule has 1 aromatic carbocycles. The Labute approximate surface area is 136 Å². The van der Waals surface area contributed by atoms with Gasteiger partial charge in [-0.05, 0) is 31.0 Å². The van der Waals surface area contributed by atoms with Crippen molar-refractivity contribution in [3.63, 3.8) is 0 Å². The van der Waals surface area contributed by atoms with Crippen LogP contribution in [0.25, 0.3) is 0 Å². The lowest BCUT2D eigenvalue weighted by molar-refractivity contribution is -0.139. The SMILES string of the molecule is O=C(CNS(=O)(=O)c1ccc(Cl)cc1C(F)(F)F)N1CCCC1. The molecule has 10 heteroatoms. The van der Waals surface area contributed by atoms with Crippen LogP contribution in [0.2, 0.25) is 5.02 Å². The van der Waals surface area contributed by atoms with Crippen LogP contribution in [0.3, 0.4) is 0 Å². The third kappa shape index (κ3) is 4.36. The maximum Gasteiger partial charge on any atom is 0.417 e. The predicted molar refractivity (Wildman–Crippen MR) is 77.5 cm³/mol. The Balaban J connectivity index is 2.21. The third-order valence-corrected chi connectivity index (χ3v) is 5.10. The first-order chi connectivity index (χ1) is 10.6. The number of hydrogen-bond acceptors (Lipinski definition) is 3. The van der Waals surface area contributed by atoms with Gasteiger partial charge in [0.05, 0.1) is 17.0 Å². The molecule has 0 radical (unpaired) electrons. The first-order valence-electron chi connectivity index (χ1n) is 6.75. The number of carbonyl (C=O) groups excluding carboxylic acids is 1. The molecule has 0 aromatic heterocycles. The van der Waals surface area contributed by atoms with Gasteiger partial charge in [-0.2, -0.15) is 13.2 Å². The van der Waals surface area contributed by atoms with Crippen molar-refractivity contribution in [1.29, 1.82) is 0 Å². The van der Waals surface area contributed by atoms with Crippen molar-refractivity contribution in [3.05, 3.63) is 28.8 Å². The number of carbonyl (C=O) groups is 1. The molecular formula is C13H14ClF3N2O3S. The topological polar surface area (TPSA) is 66.5 Å². The summed E-state index contributed by atoms with van der Waals surface area (Å²) in [6.45, 7) is 0.465. The van der Waals surface area contributed by atoms with Gasteiger partial charge in [0.15, 0.2) is 0 Å². The molecule has 0 spiro atoms. The summed E-state index contributed by atoms with van der Waals surface area (Å²) in [6.07, 6.45) is -3.23. The number of likely N-dealkylation sites (tertiary alicyclic amines) is 1. The van der Waals surface area contributed by atoms with E-state index in [1.807, 2.05) is 4.72 Å². The Morgan fingerprint density at radius 2 is 1.87 bits per heavy atom. The molecule has 0 atom stereocenters. The summed E-state index contributed by atoms with van der Waals surface area (Å²) < 4.78 is 65.1. The predicted octanol–water partition coefficient (Wildman–Crippen LogP) is 2.26. The molecule has 0 unspecified atom stereocenters. The monoisotopic (exact) mass is 370 g/mol. The van der Waals surface area contributed by atoms with Crippen LogP contribution < -0.4 is 4.72 Å². The number of hydrogen-bond donors (Lipinski definition) is 1. The maximum atomic E-state index is 13.0. The average molecular weight is 371 g/mol. The molecule has 1 amide bonds. The van der Waals surface area contributed by atoms with Crippen molar-refractivity contribution in [3.8, 4) is 0 Å². The van der Waals surface area contributed by atoms with Gasteiger partial charge in [0.1, 0.15) is 0 Å². The van der Waals surface area contributed by atoms with Crippen LogP contribution in [-0.4, -0.2) is 38.9 Å². The summed E-state index contributed by atoms with van der Waals surface area (Å²) in [4.78, 5) is 12.3. The minimum absolute atomic E-state index is 0.232. The molecule has 1 saturated heterocycles. The van der Waals surface area contributed by atoms with Gasteiger partial charge in [0.25, 0.3) is 0 Å². The highest BCUT2D eigenvalue weighted by molar-refractivity contribution is 7.89. The maximum absolute atomic E-state index is 13.0. The molecule has 0 aliphatic carbocycles. The van der Waals surface area contributed by atoms with Gasteiger partial charge in [-0.15, -0.1) is 0 Å². The van der Waals surface area contributed by atoms with Crippen molar-refractivity contribution in [2.45, 2.75) is 23.9 Å². The lowest BCUT2D eigenvalue weighted by atomic mass is 10.2. The fraction of sp³-hybridized carbons (Fsp3) is 0.462. The molecule has 1 N–H and O–H groups in total. The van der Waals surface area contributed by atoms with E-state index in [4.69, 9.17) is 11.6 Å². The zero-order valence-corrected chi connectivity index (χ0v) is 13.4. The highest BCUT2D eigenvalue weighted by Gasteiger charge is 2.37. The lowest BCUT2D eigenvalue weighted by Gasteiger charge is -2.17. The molecule has 128 valence electrons. The molecule has 1 aromatic rings. The number of amides is 1. The number of benzene rings is 1. The molecule has 2 rings (SSSR count). The molecule has 5 nitrogen and oxygen atoms in total. The van der Waals surface area contributed by atoms with Crippen molar-refractivity contribution >= 4 is 27.5 Å². The quantitative estimate of drug-likeness (QED) is 0.884. The Bertz CT molecular complexity index is 701. The molecule has 1 aliphatic rings. The first kappa shape index (κ1) is 18.0. The Hall–Kier alpha value is -1.32. The number of alkyl halides is 3. The van der Waals surface area contributed by atoms with Crippen LogP contribution >= 0.6 is 11.6 Å². The van der Waals surface area contributed by atoms with E-state index in [0.717, 1.165) is 25.0 Å². The summed E-state index contributed by atoms with van der Waals surface area (Å²) in [5, 5.41) is -0.232. The van der Waals surface area contributed by atoms with E-state index in [-0.39, 0.29) is 5.02 Å². The fourth-order valence-electron chi connectivity index (χ4n) is 2.27. The zero-order chi connectivity index (χ0) is 17.3. The second-order valence-corrected chi connectivity index (χ2v) is 7.22. The minimum Gasteiger partial charge on any atom is -0.342 e. The van der Waals surface area contributed by atoms with Gasteiger partial charge in [0.2, 0.25) is 15.9 Å². The van der Waals surface area contributed by atoms with Crippen LogP contribution in [0.4, 0.5) is 13.2 Å². The van der Waals surface area contributed by atoms with Crippen LogP contribution in [-0.2, 0) is 21.0 Å². The molecule has 1 aliphatic heterocycles. The molecule has 23 heavy (non-hydrogen) atoms. The van der Waals surface area contributed by atoms with Crippen molar-refractivity contribution in [2.24, 2.45) is 0 Å². The fourth-order valence-corrected chi connectivity index (χ4v) is 3.62. The van der Waals surface area contributed by atoms with Crippen LogP contribution in [0.5, 0.6) is 0 Å². The van der Waals surface area contributed by atoms with E-state index >= 15 is 0 Å². The van der Waals surface area contributed by atoms with E-state index in [0.29, 0.717) is 19.2 Å². The summed E-state index contributed by atoms with van der Waals surface area (Å²) in [5.74, 6) is -0.464. The molecule has 1 heterocycles. The van der Waals surface area contributed by atoms with Gasteiger partial charge < -0.3 is 4.90 Å². The second-order valence-electron chi connectivity index (χ2n) is 5.05. The second kappa shape index (κ2) is 6.66. The number of halogens is 4. The summed E-state index contributed by atoms with van der Waals surface area (Å²) in [5.41, 5.74) is -1.37. The number of nitrogens with zero attached hydrogens (tertiary/aromatic N) is 1. The van der Waals surface area contributed by atoms with Crippen LogP contribution in [0, 0.1) is 0 Å². The van der Waals surface area contributed by atoms with Gasteiger partial charge in [-0.25, -0.2) is 13.1 Å². The van der Waals surface area contributed by atoms with Gasteiger partial charge in [-0.1, -0.05) is 11.6 Å². The number of nitrogens with one attached hydrogen (secondary N) is 1. The Morgan fingerprint density at radius 1 is 1.26 bits per heavy atom. The molecule has 0 bridgehead atoms. The van der Waals surface area contributed by atoms with Crippen molar-refractivity contribution in [2.75, 3.05) is 19.6 Å². The van der Waals surface area contributed by atoms with Crippen LogP contribution in [0.1, 0.15) is 18.4 Å². The van der Waals surface area contributed by atoms with E-state index < -0.39 is 39.1 Å². The van der Waals surface area contributed by atoms with E-state index in [1.165, 1.54) is 4.90 Å². The van der Waals surface area contributed by atoms with Crippen molar-refractivity contribution in [1.82, 2.24) is 9.62 Å². The number of rotatable bonds is 4. The van der Waals surface area contributed by atoms with E-state index in [2.05, 4.69) is 0 Å². The van der Waals surface area contributed by atoms with E-state index in [9.17, 15) is 26.4 Å². The highest BCUT2D eigenvalue weighted by Crippen LogP contribution is 2.35. The summed E-state index contributed by atoms with van der Waals surface area (Å²) >= 11 is 5.51. The number of sulfonamides is 1. The Kier molecular flexibility index (Phi) is 5.22. The van der Waals surface area contributed by atoms with Gasteiger partial charge >= 0.3 is 6.18 Å². The lowest BCUT2D eigenvalue weighted by Crippen LogP contribution is -2.39. The summed E-state index contributed by atoms with van der Waals surface area (Å²) in [6, 6.07) is 2.36. The molecule has 1 fully saturated rings. The smallest absolute Gasteiger partial charge is 0.342 e. The first-order valence-corrected chi connectivity index (χ1v) is 8.61. The minimum atomic E-state index is -4.88. The molecule has 0 saturated carbocycles. The standard InChI is InChI=1S/C13H14ClF3N2O3S/c14-9-3-4-11(10(7-9)13(15,16)17)23(21,22)18-8-12(20)19-5-1-2-6-19/h3-4,7,18H,1-2,5-6,8H2. The van der Waals surface area contributed by atoms with Gasteiger partial charge in [-0.3, -0.25) is 4.79 Å². The highest BCUT2D eigenvalue weighted by atomic mass is 35.5. The Morgan fingerprint density at radius 3 is 2.43 bits per heavy atom. The summed E-state index contributed by atoms with van der Waals surface area (Å²) in [7, 11) is -4.49. The largest absolute Gasteiger partial charge is 0.417 e. The van der Waals surface area contributed by atoms with Gasteiger partial charge in [0, 0.05) is 18.1 Å². The average Bonchev–Trinajstić information content (AvgIpc) is 2.98. The zero-order valence-electron chi connectivity index (χ0n) is 11.9. The van der Waals surface area contributed by atoms with Crippen LogP contribution in [0.15, 0.2) is 23.1 Å². The normalized spacial score (nSPS) is 15.9. The van der Waals surface area contributed by atoms with Crippen molar-refractivity contribution < 1.29 is 26.4 Å². The van der Waals surface area contributed by atoms with E-state index in [1.54, 1.807) is 0 Å². The molecular weight excluding hydrogens is 357 g/mol. The third-order valence-electron chi connectivity index (χ3n) is 3.41.